The summed E-state index contributed by atoms with van der Waals surface area (Å²) in [5.74, 6) is -0.274. The Balaban J connectivity index is 2.00. The van der Waals surface area contributed by atoms with E-state index in [2.05, 4.69) is 0 Å². The topological polar surface area (TPSA) is 20.2 Å². The van der Waals surface area contributed by atoms with Gasteiger partial charge in [0.05, 0.1) is 0 Å². The van der Waals surface area contributed by atoms with Gasteiger partial charge < -0.3 is 5.11 Å². The van der Waals surface area contributed by atoms with Crippen LogP contribution < -0.4 is 0 Å². The molecule has 0 heterocycles. The Kier molecular flexibility index (Phi) is 3.21. The fourth-order valence-corrected chi connectivity index (χ4v) is 2.21. The van der Waals surface area contributed by atoms with Crippen LogP contribution in [0.4, 0.5) is 4.39 Å². The molecule has 3 rings (SSSR count). The largest absolute Gasteiger partial charge is 0.507 e. The maximum atomic E-state index is 13.3. The number of phenols is 1. The van der Waals surface area contributed by atoms with Crippen LogP contribution in [0.5, 0.6) is 5.75 Å². The summed E-state index contributed by atoms with van der Waals surface area (Å²) >= 11 is 0. The normalized spacial score (nSPS) is 10.4. The Bertz CT molecular complexity index is 718. The van der Waals surface area contributed by atoms with Crippen LogP contribution in [0.15, 0.2) is 72.8 Å². The number of hydrogen-bond donors (Lipinski definition) is 1. The van der Waals surface area contributed by atoms with E-state index in [1.165, 1.54) is 18.2 Å². The predicted octanol–water partition coefficient (Wildman–Crippen LogP) is 4.87. The van der Waals surface area contributed by atoms with Gasteiger partial charge in [0.15, 0.2) is 0 Å². The second kappa shape index (κ2) is 5.17. The third-order valence-corrected chi connectivity index (χ3v) is 3.26. The molecule has 0 bridgehead atoms. The fourth-order valence-electron chi connectivity index (χ4n) is 2.21. The molecular formula is C18H13FO. The van der Waals surface area contributed by atoms with E-state index >= 15 is 0 Å². The minimum absolute atomic E-state index is 0.0823. The van der Waals surface area contributed by atoms with Gasteiger partial charge in [-0.3, -0.25) is 0 Å². The van der Waals surface area contributed by atoms with E-state index in [0.29, 0.717) is 5.56 Å². The molecule has 0 aromatic heterocycles. The minimum atomic E-state index is -0.357. The number of aromatic hydroxyl groups is 1. The first-order valence-corrected chi connectivity index (χ1v) is 6.38. The summed E-state index contributed by atoms with van der Waals surface area (Å²) < 4.78 is 13.3. The van der Waals surface area contributed by atoms with Crippen molar-refractivity contribution in [2.24, 2.45) is 0 Å². The molecule has 0 atom stereocenters. The maximum Gasteiger partial charge on any atom is 0.124 e. The first-order valence-electron chi connectivity index (χ1n) is 6.38. The SMILES string of the molecule is Oc1ccc(F)cc1-c1ccc(-c2ccccc2)cc1. The molecule has 0 radical (unpaired) electrons. The van der Waals surface area contributed by atoms with Gasteiger partial charge in [-0.15, -0.1) is 0 Å². The van der Waals surface area contributed by atoms with Crippen molar-refractivity contribution in [2.45, 2.75) is 0 Å². The van der Waals surface area contributed by atoms with E-state index in [1.807, 2.05) is 54.6 Å². The van der Waals surface area contributed by atoms with Crippen LogP contribution in [0, 0.1) is 5.82 Å². The highest BCUT2D eigenvalue weighted by Crippen LogP contribution is 2.31. The lowest BCUT2D eigenvalue weighted by molar-refractivity contribution is 0.475. The molecule has 2 heteroatoms. The van der Waals surface area contributed by atoms with E-state index in [9.17, 15) is 9.50 Å². The molecule has 0 amide bonds. The Morgan fingerprint density at radius 1 is 0.650 bits per heavy atom. The van der Waals surface area contributed by atoms with Gasteiger partial charge in [0, 0.05) is 5.56 Å². The van der Waals surface area contributed by atoms with Gasteiger partial charge in [-0.05, 0) is 34.9 Å². The van der Waals surface area contributed by atoms with Crippen LogP contribution in [0.1, 0.15) is 0 Å². The average molecular weight is 264 g/mol. The Morgan fingerprint density at radius 2 is 1.25 bits per heavy atom. The third-order valence-electron chi connectivity index (χ3n) is 3.26. The van der Waals surface area contributed by atoms with Crippen molar-refractivity contribution in [3.63, 3.8) is 0 Å². The molecule has 3 aromatic rings. The highest BCUT2D eigenvalue weighted by atomic mass is 19.1. The molecule has 0 aliphatic heterocycles. The number of halogens is 1. The van der Waals surface area contributed by atoms with Crippen LogP contribution in [-0.2, 0) is 0 Å². The second-order valence-electron chi connectivity index (χ2n) is 4.60. The lowest BCUT2D eigenvalue weighted by Gasteiger charge is -2.07. The molecule has 20 heavy (non-hydrogen) atoms. The summed E-state index contributed by atoms with van der Waals surface area (Å²) in [5.41, 5.74) is 3.51. The van der Waals surface area contributed by atoms with Crippen molar-refractivity contribution < 1.29 is 9.50 Å². The maximum absolute atomic E-state index is 13.3. The van der Waals surface area contributed by atoms with Crippen molar-refractivity contribution in [1.82, 2.24) is 0 Å². The molecule has 0 fully saturated rings. The molecule has 1 N–H and O–H groups in total. The molecule has 98 valence electrons. The van der Waals surface area contributed by atoms with E-state index < -0.39 is 0 Å². The lowest BCUT2D eigenvalue weighted by atomic mass is 10.00. The molecule has 3 aromatic carbocycles. The van der Waals surface area contributed by atoms with Gasteiger partial charge in [0.1, 0.15) is 11.6 Å². The Labute approximate surface area is 117 Å². The van der Waals surface area contributed by atoms with Gasteiger partial charge in [0.25, 0.3) is 0 Å². The molecule has 0 spiro atoms. The molecule has 0 saturated carbocycles. The van der Waals surface area contributed by atoms with Crippen molar-refractivity contribution in [1.29, 1.82) is 0 Å². The van der Waals surface area contributed by atoms with E-state index in [-0.39, 0.29) is 11.6 Å². The van der Waals surface area contributed by atoms with Crippen molar-refractivity contribution in [2.75, 3.05) is 0 Å². The summed E-state index contributed by atoms with van der Waals surface area (Å²) in [7, 11) is 0. The zero-order valence-electron chi connectivity index (χ0n) is 10.8. The number of hydrogen-bond acceptors (Lipinski definition) is 1. The monoisotopic (exact) mass is 264 g/mol. The minimum Gasteiger partial charge on any atom is -0.507 e. The molecule has 0 unspecified atom stereocenters. The van der Waals surface area contributed by atoms with Crippen LogP contribution in [-0.4, -0.2) is 5.11 Å². The molecule has 0 saturated heterocycles. The van der Waals surface area contributed by atoms with E-state index in [1.54, 1.807) is 0 Å². The van der Waals surface area contributed by atoms with Crippen molar-refractivity contribution in [3.05, 3.63) is 78.6 Å². The van der Waals surface area contributed by atoms with Crippen LogP contribution in [0.3, 0.4) is 0 Å². The van der Waals surface area contributed by atoms with Gasteiger partial charge in [-0.25, -0.2) is 4.39 Å². The molecular weight excluding hydrogens is 251 g/mol. The summed E-state index contributed by atoms with van der Waals surface area (Å²) in [4.78, 5) is 0. The number of rotatable bonds is 2. The number of benzene rings is 3. The highest BCUT2D eigenvalue weighted by Gasteiger charge is 2.06. The fraction of sp³-hybridized carbons (Fsp3) is 0. The Morgan fingerprint density at radius 3 is 1.95 bits per heavy atom. The first-order chi connectivity index (χ1) is 9.74. The van der Waals surface area contributed by atoms with Gasteiger partial charge in [-0.1, -0.05) is 54.6 Å². The van der Waals surface area contributed by atoms with Crippen LogP contribution in [0.2, 0.25) is 0 Å². The summed E-state index contributed by atoms with van der Waals surface area (Å²) in [5, 5.41) is 9.81. The van der Waals surface area contributed by atoms with Crippen LogP contribution in [0.25, 0.3) is 22.3 Å². The van der Waals surface area contributed by atoms with Gasteiger partial charge in [0.2, 0.25) is 0 Å². The average Bonchev–Trinajstić information content (AvgIpc) is 2.51. The highest BCUT2D eigenvalue weighted by molar-refractivity contribution is 5.73. The van der Waals surface area contributed by atoms with E-state index in [4.69, 9.17) is 0 Å². The lowest BCUT2D eigenvalue weighted by Crippen LogP contribution is -1.83. The van der Waals surface area contributed by atoms with Gasteiger partial charge >= 0.3 is 0 Å². The van der Waals surface area contributed by atoms with Crippen molar-refractivity contribution >= 4 is 0 Å². The summed E-state index contributed by atoms with van der Waals surface area (Å²) in [6.07, 6.45) is 0. The molecule has 1 nitrogen and oxygen atoms in total. The second-order valence-corrected chi connectivity index (χ2v) is 4.60. The Hall–Kier alpha value is -2.61. The van der Waals surface area contributed by atoms with Crippen molar-refractivity contribution in [3.8, 4) is 28.0 Å². The quantitative estimate of drug-likeness (QED) is 0.700. The third kappa shape index (κ3) is 2.41. The van der Waals surface area contributed by atoms with Gasteiger partial charge in [-0.2, -0.15) is 0 Å². The molecule has 0 aliphatic carbocycles. The predicted molar refractivity (Wildman–Crippen MR) is 78.9 cm³/mol. The number of phenolic OH excluding ortho intramolecular Hbond substituents is 1. The smallest absolute Gasteiger partial charge is 0.124 e. The van der Waals surface area contributed by atoms with E-state index in [0.717, 1.165) is 16.7 Å². The molecule has 0 aliphatic rings. The standard InChI is InChI=1S/C18H13FO/c19-16-10-11-18(20)17(12-16)15-8-6-14(7-9-15)13-4-2-1-3-5-13/h1-12,20H. The van der Waals surface area contributed by atoms with Crippen LogP contribution >= 0.6 is 0 Å². The zero-order chi connectivity index (χ0) is 13.9. The first kappa shape index (κ1) is 12.4. The summed E-state index contributed by atoms with van der Waals surface area (Å²) in [6, 6.07) is 21.7. The zero-order valence-corrected chi connectivity index (χ0v) is 10.8. The summed E-state index contributed by atoms with van der Waals surface area (Å²) in [6.45, 7) is 0.